The average molecular weight is 412 g/mol. The zero-order valence-corrected chi connectivity index (χ0v) is 17.7. The van der Waals surface area contributed by atoms with Crippen molar-refractivity contribution >= 4 is 18.0 Å². The standard InChI is InChI=1S/C25H30FNO3/c1-3-4-5-6-7-11-24(28)27(2)18-19-9-8-10-21(16-19)22-13-12-20(23(26)17-22)14-15-25(29)30/h8-10,12-17H,3-7,11,18H2,1-2H3,(H,29,30). The molecule has 1 N–H and O–H groups in total. The molecule has 0 aliphatic rings. The van der Waals surface area contributed by atoms with E-state index in [1.165, 1.54) is 31.4 Å². The molecule has 0 atom stereocenters. The summed E-state index contributed by atoms with van der Waals surface area (Å²) in [4.78, 5) is 24.7. The van der Waals surface area contributed by atoms with Crippen molar-refractivity contribution in [3.05, 3.63) is 65.5 Å². The van der Waals surface area contributed by atoms with E-state index in [0.717, 1.165) is 30.0 Å². The lowest BCUT2D eigenvalue weighted by Gasteiger charge is -2.18. The fraction of sp³-hybridized carbons (Fsp3) is 0.360. The molecule has 0 saturated carbocycles. The molecule has 0 aliphatic heterocycles. The zero-order chi connectivity index (χ0) is 21.9. The molecule has 0 radical (unpaired) electrons. The Hall–Kier alpha value is -2.95. The number of benzene rings is 2. The van der Waals surface area contributed by atoms with Crippen LogP contribution >= 0.6 is 0 Å². The topological polar surface area (TPSA) is 57.6 Å². The molecule has 160 valence electrons. The van der Waals surface area contributed by atoms with Crippen LogP contribution in [0.5, 0.6) is 0 Å². The van der Waals surface area contributed by atoms with Crippen molar-refractivity contribution in [2.24, 2.45) is 0 Å². The minimum absolute atomic E-state index is 0.137. The van der Waals surface area contributed by atoms with Crippen LogP contribution in [0.15, 0.2) is 48.5 Å². The van der Waals surface area contributed by atoms with Gasteiger partial charge in [0.05, 0.1) is 0 Å². The Labute approximate surface area is 178 Å². The van der Waals surface area contributed by atoms with Gasteiger partial charge in [0.2, 0.25) is 5.91 Å². The molecule has 0 spiro atoms. The highest BCUT2D eigenvalue weighted by molar-refractivity contribution is 5.85. The Kier molecular flexibility index (Phi) is 9.26. The fourth-order valence-electron chi connectivity index (χ4n) is 3.28. The van der Waals surface area contributed by atoms with Crippen LogP contribution in [0.1, 0.15) is 56.6 Å². The summed E-state index contributed by atoms with van der Waals surface area (Å²) in [5, 5.41) is 8.68. The number of unbranched alkanes of at least 4 members (excludes halogenated alkanes) is 4. The number of nitrogens with zero attached hydrogens (tertiary/aromatic N) is 1. The number of rotatable bonds is 11. The van der Waals surface area contributed by atoms with Crippen LogP contribution in [-0.2, 0) is 16.1 Å². The molecule has 0 heterocycles. The Balaban J connectivity index is 2.01. The third-order valence-corrected chi connectivity index (χ3v) is 5.01. The minimum Gasteiger partial charge on any atom is -0.478 e. The minimum atomic E-state index is -1.12. The third-order valence-electron chi connectivity index (χ3n) is 5.01. The molecular formula is C25H30FNO3. The van der Waals surface area contributed by atoms with Gasteiger partial charge < -0.3 is 10.0 Å². The fourth-order valence-corrected chi connectivity index (χ4v) is 3.28. The van der Waals surface area contributed by atoms with Gasteiger partial charge in [0.15, 0.2) is 0 Å². The van der Waals surface area contributed by atoms with Gasteiger partial charge in [-0.15, -0.1) is 0 Å². The first-order valence-electron chi connectivity index (χ1n) is 10.4. The van der Waals surface area contributed by atoms with Gasteiger partial charge in [-0.3, -0.25) is 4.79 Å². The Morgan fingerprint density at radius 1 is 1.03 bits per heavy atom. The van der Waals surface area contributed by atoms with E-state index < -0.39 is 11.8 Å². The molecule has 5 heteroatoms. The van der Waals surface area contributed by atoms with E-state index in [2.05, 4.69) is 6.92 Å². The highest BCUT2D eigenvalue weighted by Crippen LogP contribution is 2.24. The van der Waals surface area contributed by atoms with Crippen LogP contribution < -0.4 is 0 Å². The van der Waals surface area contributed by atoms with E-state index in [1.807, 2.05) is 31.3 Å². The first-order valence-corrected chi connectivity index (χ1v) is 10.4. The maximum atomic E-state index is 14.3. The largest absolute Gasteiger partial charge is 0.478 e. The second kappa shape index (κ2) is 11.9. The third kappa shape index (κ3) is 7.47. The SMILES string of the molecule is CCCCCCCC(=O)N(C)Cc1cccc(-c2ccc(C=CC(=O)O)c(F)c2)c1. The number of carbonyl (C=O) groups is 2. The van der Waals surface area contributed by atoms with Crippen LogP contribution in [0.25, 0.3) is 17.2 Å². The summed E-state index contributed by atoms with van der Waals surface area (Å²) in [7, 11) is 1.81. The summed E-state index contributed by atoms with van der Waals surface area (Å²) in [6.45, 7) is 2.68. The number of hydrogen-bond donors (Lipinski definition) is 1. The maximum absolute atomic E-state index is 14.3. The average Bonchev–Trinajstić information content (AvgIpc) is 2.72. The van der Waals surface area contributed by atoms with Gasteiger partial charge in [-0.1, -0.05) is 62.9 Å². The number of halogens is 1. The summed E-state index contributed by atoms with van der Waals surface area (Å²) in [6.07, 6.45) is 8.31. The summed E-state index contributed by atoms with van der Waals surface area (Å²) < 4.78 is 14.3. The molecule has 0 aliphatic carbocycles. The van der Waals surface area contributed by atoms with Gasteiger partial charge >= 0.3 is 5.97 Å². The highest BCUT2D eigenvalue weighted by atomic mass is 19.1. The van der Waals surface area contributed by atoms with E-state index in [9.17, 15) is 14.0 Å². The maximum Gasteiger partial charge on any atom is 0.328 e. The Morgan fingerprint density at radius 3 is 2.47 bits per heavy atom. The van der Waals surface area contributed by atoms with Crippen LogP contribution in [0.2, 0.25) is 0 Å². The van der Waals surface area contributed by atoms with Crippen molar-refractivity contribution in [3.63, 3.8) is 0 Å². The Morgan fingerprint density at radius 2 is 1.77 bits per heavy atom. The van der Waals surface area contributed by atoms with Crippen LogP contribution in [0.3, 0.4) is 0 Å². The molecule has 0 fully saturated rings. The van der Waals surface area contributed by atoms with E-state index >= 15 is 0 Å². The second-order valence-corrected chi connectivity index (χ2v) is 7.52. The molecule has 30 heavy (non-hydrogen) atoms. The molecule has 2 aromatic carbocycles. The van der Waals surface area contributed by atoms with Crippen molar-refractivity contribution < 1.29 is 19.1 Å². The zero-order valence-electron chi connectivity index (χ0n) is 17.7. The molecule has 4 nitrogen and oxygen atoms in total. The van der Waals surface area contributed by atoms with Gasteiger partial charge in [0.25, 0.3) is 0 Å². The summed E-state index contributed by atoms with van der Waals surface area (Å²) in [6, 6.07) is 12.4. The van der Waals surface area contributed by atoms with Gasteiger partial charge in [-0.05, 0) is 41.3 Å². The van der Waals surface area contributed by atoms with Crippen LogP contribution in [0, 0.1) is 5.82 Å². The van der Waals surface area contributed by atoms with Crippen molar-refractivity contribution in [1.29, 1.82) is 0 Å². The summed E-state index contributed by atoms with van der Waals surface area (Å²) in [5.41, 5.74) is 2.75. The molecule has 0 unspecified atom stereocenters. The molecule has 1 amide bonds. The molecule has 2 aromatic rings. The number of carboxylic acid groups (broad SMARTS) is 1. The van der Waals surface area contributed by atoms with Gasteiger partial charge in [-0.2, -0.15) is 0 Å². The molecule has 2 rings (SSSR count). The number of carboxylic acids is 1. The van der Waals surface area contributed by atoms with Crippen molar-refractivity contribution in [1.82, 2.24) is 4.90 Å². The lowest BCUT2D eigenvalue weighted by Crippen LogP contribution is -2.25. The predicted octanol–water partition coefficient (Wildman–Crippen LogP) is 5.91. The molecule has 0 aromatic heterocycles. The Bertz CT molecular complexity index is 892. The quantitative estimate of drug-likeness (QED) is 0.369. The van der Waals surface area contributed by atoms with E-state index in [4.69, 9.17) is 5.11 Å². The van der Waals surface area contributed by atoms with Crippen molar-refractivity contribution in [2.45, 2.75) is 52.0 Å². The van der Waals surface area contributed by atoms with E-state index in [0.29, 0.717) is 18.5 Å². The highest BCUT2D eigenvalue weighted by Gasteiger charge is 2.10. The van der Waals surface area contributed by atoms with Crippen molar-refractivity contribution in [3.8, 4) is 11.1 Å². The number of amides is 1. The number of carbonyl (C=O) groups excluding carboxylic acids is 1. The summed E-state index contributed by atoms with van der Waals surface area (Å²) in [5.74, 6) is -1.46. The molecular weight excluding hydrogens is 381 g/mol. The molecule has 0 saturated heterocycles. The van der Waals surface area contributed by atoms with Crippen LogP contribution in [0.4, 0.5) is 4.39 Å². The first-order chi connectivity index (χ1) is 14.4. The molecule has 0 bridgehead atoms. The van der Waals surface area contributed by atoms with Crippen molar-refractivity contribution in [2.75, 3.05) is 7.05 Å². The lowest BCUT2D eigenvalue weighted by molar-refractivity contribution is -0.131. The van der Waals surface area contributed by atoms with E-state index in [1.54, 1.807) is 17.0 Å². The van der Waals surface area contributed by atoms with Gasteiger partial charge in [0.1, 0.15) is 5.82 Å². The van der Waals surface area contributed by atoms with Gasteiger partial charge in [0, 0.05) is 31.7 Å². The number of hydrogen-bond acceptors (Lipinski definition) is 2. The van der Waals surface area contributed by atoms with Crippen LogP contribution in [-0.4, -0.2) is 28.9 Å². The smallest absolute Gasteiger partial charge is 0.328 e. The normalized spacial score (nSPS) is 11.0. The summed E-state index contributed by atoms with van der Waals surface area (Å²) >= 11 is 0. The monoisotopic (exact) mass is 411 g/mol. The van der Waals surface area contributed by atoms with Gasteiger partial charge in [-0.25, -0.2) is 9.18 Å². The second-order valence-electron chi connectivity index (χ2n) is 7.52. The lowest BCUT2D eigenvalue weighted by atomic mass is 10.0. The first kappa shape index (κ1) is 23.3. The number of aliphatic carboxylic acids is 1. The predicted molar refractivity (Wildman–Crippen MR) is 118 cm³/mol. The van der Waals surface area contributed by atoms with E-state index in [-0.39, 0.29) is 11.5 Å².